The minimum Gasteiger partial charge on any atom is -0.374 e. The highest BCUT2D eigenvalue weighted by atomic mass is 16.1. The molecule has 2 heteroatoms. The Kier molecular flexibility index (Phi) is 2.76. The number of carbonyl (C=O) groups excluding carboxylic acids is 1. The van der Waals surface area contributed by atoms with E-state index in [-0.39, 0.29) is 0 Å². The fraction of sp³-hybridized carbons (Fsp3) is 0.462. The molecule has 2 rings (SSSR count). The monoisotopic (exact) mass is 203 g/mol. The standard InChI is InChI=1S/C13H17NO/c1-10-7-13(6-5-12(10)9-15)14(2)8-11-3-4-11/h5-7,9,11H,3-4,8H2,1-2H3. The summed E-state index contributed by atoms with van der Waals surface area (Å²) in [6.07, 6.45) is 3.66. The van der Waals surface area contributed by atoms with Crippen molar-refractivity contribution in [2.75, 3.05) is 18.5 Å². The third-order valence-electron chi connectivity index (χ3n) is 3.05. The molecule has 0 N–H and O–H groups in total. The summed E-state index contributed by atoms with van der Waals surface area (Å²) in [6.45, 7) is 3.12. The van der Waals surface area contributed by atoms with E-state index in [1.54, 1.807) is 0 Å². The Bertz CT molecular complexity index is 369. The Hall–Kier alpha value is -1.31. The largest absolute Gasteiger partial charge is 0.374 e. The van der Waals surface area contributed by atoms with E-state index in [4.69, 9.17) is 0 Å². The van der Waals surface area contributed by atoms with Crippen molar-refractivity contribution >= 4 is 12.0 Å². The van der Waals surface area contributed by atoms with Gasteiger partial charge in [0.05, 0.1) is 0 Å². The van der Waals surface area contributed by atoms with Gasteiger partial charge in [0.15, 0.2) is 0 Å². The van der Waals surface area contributed by atoms with Crippen molar-refractivity contribution in [2.24, 2.45) is 5.92 Å². The second kappa shape index (κ2) is 4.05. The number of hydrogen-bond donors (Lipinski definition) is 0. The van der Waals surface area contributed by atoms with Gasteiger partial charge in [-0.2, -0.15) is 0 Å². The molecule has 1 aliphatic carbocycles. The van der Waals surface area contributed by atoms with Crippen molar-refractivity contribution in [3.05, 3.63) is 29.3 Å². The first-order valence-electron chi connectivity index (χ1n) is 5.47. The van der Waals surface area contributed by atoms with Crippen LogP contribution in [0.4, 0.5) is 5.69 Å². The molecular formula is C13H17NO. The fourth-order valence-corrected chi connectivity index (χ4v) is 1.82. The summed E-state index contributed by atoms with van der Waals surface area (Å²) in [5, 5.41) is 0. The van der Waals surface area contributed by atoms with Crippen molar-refractivity contribution < 1.29 is 4.79 Å². The first kappa shape index (κ1) is 10.2. The van der Waals surface area contributed by atoms with Crippen LogP contribution in [-0.4, -0.2) is 19.9 Å². The lowest BCUT2D eigenvalue weighted by Gasteiger charge is -2.19. The lowest BCUT2D eigenvalue weighted by Crippen LogP contribution is -2.19. The van der Waals surface area contributed by atoms with Crippen LogP contribution in [0.25, 0.3) is 0 Å². The van der Waals surface area contributed by atoms with E-state index in [1.165, 1.54) is 18.5 Å². The zero-order valence-electron chi connectivity index (χ0n) is 9.36. The average Bonchev–Trinajstić information content (AvgIpc) is 3.01. The Labute approximate surface area is 90.9 Å². The molecule has 0 spiro atoms. The molecule has 0 amide bonds. The van der Waals surface area contributed by atoms with E-state index in [1.807, 2.05) is 19.1 Å². The minimum absolute atomic E-state index is 0.790. The third kappa shape index (κ3) is 2.38. The maximum Gasteiger partial charge on any atom is 0.150 e. The van der Waals surface area contributed by atoms with Gasteiger partial charge in [-0.15, -0.1) is 0 Å². The minimum atomic E-state index is 0.790. The third-order valence-corrected chi connectivity index (χ3v) is 3.05. The van der Waals surface area contributed by atoms with Crippen LogP contribution in [0.3, 0.4) is 0 Å². The topological polar surface area (TPSA) is 20.3 Å². The van der Waals surface area contributed by atoms with Crippen molar-refractivity contribution in [2.45, 2.75) is 19.8 Å². The molecule has 1 fully saturated rings. The molecule has 1 aromatic carbocycles. The van der Waals surface area contributed by atoms with Gasteiger partial charge in [0.2, 0.25) is 0 Å². The summed E-state index contributed by atoms with van der Waals surface area (Å²) in [6, 6.07) is 6.02. The second-order valence-corrected chi connectivity index (χ2v) is 4.48. The van der Waals surface area contributed by atoms with Crippen LogP contribution in [0.15, 0.2) is 18.2 Å². The molecule has 0 radical (unpaired) electrons. The highest BCUT2D eigenvalue weighted by Gasteiger charge is 2.22. The number of aryl methyl sites for hydroxylation is 1. The summed E-state index contributed by atoms with van der Waals surface area (Å²) >= 11 is 0. The maximum atomic E-state index is 10.7. The number of hydrogen-bond acceptors (Lipinski definition) is 2. The van der Waals surface area contributed by atoms with E-state index in [0.717, 1.165) is 29.9 Å². The number of rotatable bonds is 4. The number of benzene rings is 1. The first-order valence-corrected chi connectivity index (χ1v) is 5.47. The number of carbonyl (C=O) groups is 1. The Morgan fingerprint density at radius 2 is 2.20 bits per heavy atom. The van der Waals surface area contributed by atoms with Gasteiger partial charge >= 0.3 is 0 Å². The summed E-state index contributed by atoms with van der Waals surface area (Å²) in [5.74, 6) is 0.890. The van der Waals surface area contributed by atoms with Gasteiger partial charge < -0.3 is 4.90 Å². The fourth-order valence-electron chi connectivity index (χ4n) is 1.82. The predicted molar refractivity (Wildman–Crippen MR) is 62.6 cm³/mol. The van der Waals surface area contributed by atoms with Crippen molar-refractivity contribution in [3.8, 4) is 0 Å². The van der Waals surface area contributed by atoms with E-state index in [2.05, 4.69) is 18.0 Å². The van der Waals surface area contributed by atoms with Crippen molar-refractivity contribution in [3.63, 3.8) is 0 Å². The highest BCUT2D eigenvalue weighted by Crippen LogP contribution is 2.31. The Morgan fingerprint density at radius 1 is 1.47 bits per heavy atom. The van der Waals surface area contributed by atoms with Crippen molar-refractivity contribution in [1.29, 1.82) is 0 Å². The second-order valence-electron chi connectivity index (χ2n) is 4.48. The molecule has 0 saturated heterocycles. The van der Waals surface area contributed by atoms with Crippen molar-refractivity contribution in [1.82, 2.24) is 0 Å². The molecule has 1 aromatic rings. The Balaban J connectivity index is 2.13. The molecule has 1 saturated carbocycles. The smallest absolute Gasteiger partial charge is 0.150 e. The molecule has 0 atom stereocenters. The molecule has 0 unspecified atom stereocenters. The van der Waals surface area contributed by atoms with Gasteiger partial charge in [-0.25, -0.2) is 0 Å². The van der Waals surface area contributed by atoms with Gasteiger partial charge in [0.1, 0.15) is 6.29 Å². The van der Waals surface area contributed by atoms with Gasteiger partial charge in [0.25, 0.3) is 0 Å². The average molecular weight is 203 g/mol. The summed E-state index contributed by atoms with van der Waals surface area (Å²) in [7, 11) is 2.12. The quantitative estimate of drug-likeness (QED) is 0.701. The normalized spacial score (nSPS) is 15.1. The van der Waals surface area contributed by atoms with E-state index < -0.39 is 0 Å². The summed E-state index contributed by atoms with van der Waals surface area (Å²) < 4.78 is 0. The molecular weight excluding hydrogens is 186 g/mol. The molecule has 2 nitrogen and oxygen atoms in total. The van der Waals surface area contributed by atoms with Crippen LogP contribution in [0.5, 0.6) is 0 Å². The van der Waals surface area contributed by atoms with Gasteiger partial charge in [-0.1, -0.05) is 0 Å². The van der Waals surface area contributed by atoms with E-state index >= 15 is 0 Å². The van der Waals surface area contributed by atoms with Crippen LogP contribution < -0.4 is 4.90 Å². The summed E-state index contributed by atoms with van der Waals surface area (Å²) in [5.41, 5.74) is 3.06. The lowest BCUT2D eigenvalue weighted by atomic mass is 10.1. The first-order chi connectivity index (χ1) is 7.20. The lowest BCUT2D eigenvalue weighted by molar-refractivity contribution is 0.112. The summed E-state index contributed by atoms with van der Waals surface area (Å²) in [4.78, 5) is 13.0. The number of anilines is 1. The Morgan fingerprint density at radius 3 is 2.73 bits per heavy atom. The molecule has 0 aliphatic heterocycles. The van der Waals surface area contributed by atoms with Gasteiger partial charge in [0, 0.05) is 24.8 Å². The zero-order chi connectivity index (χ0) is 10.8. The highest BCUT2D eigenvalue weighted by molar-refractivity contribution is 5.78. The van der Waals surface area contributed by atoms with E-state index in [9.17, 15) is 4.79 Å². The molecule has 0 aromatic heterocycles. The molecule has 0 heterocycles. The number of aldehydes is 1. The van der Waals surface area contributed by atoms with Crippen LogP contribution in [0.1, 0.15) is 28.8 Å². The zero-order valence-corrected chi connectivity index (χ0v) is 9.36. The van der Waals surface area contributed by atoms with Crippen LogP contribution in [0.2, 0.25) is 0 Å². The van der Waals surface area contributed by atoms with Gasteiger partial charge in [-0.3, -0.25) is 4.79 Å². The SMILES string of the molecule is Cc1cc(N(C)CC2CC2)ccc1C=O. The van der Waals surface area contributed by atoms with Crippen LogP contribution >= 0.6 is 0 Å². The van der Waals surface area contributed by atoms with Crippen LogP contribution in [0, 0.1) is 12.8 Å². The van der Waals surface area contributed by atoms with E-state index in [0.29, 0.717) is 0 Å². The van der Waals surface area contributed by atoms with Gasteiger partial charge in [-0.05, 0) is 49.4 Å². The maximum absolute atomic E-state index is 10.7. The molecule has 80 valence electrons. The molecule has 0 bridgehead atoms. The van der Waals surface area contributed by atoms with Crippen LogP contribution in [-0.2, 0) is 0 Å². The molecule has 1 aliphatic rings. The predicted octanol–water partition coefficient (Wildman–Crippen LogP) is 2.65. The molecule has 15 heavy (non-hydrogen) atoms. The number of nitrogens with zero attached hydrogens (tertiary/aromatic N) is 1.